The zero-order chi connectivity index (χ0) is 13.0. The van der Waals surface area contributed by atoms with Gasteiger partial charge in [-0.1, -0.05) is 13.8 Å². The number of halogens is 2. The lowest BCUT2D eigenvalue weighted by atomic mass is 10.0. The van der Waals surface area contributed by atoms with E-state index in [1.807, 2.05) is 13.8 Å². The van der Waals surface area contributed by atoms with E-state index in [2.05, 4.69) is 21.2 Å². The van der Waals surface area contributed by atoms with Gasteiger partial charge in [-0.15, -0.1) is 0 Å². The quantitative estimate of drug-likeness (QED) is 0.897. The van der Waals surface area contributed by atoms with Gasteiger partial charge in [0.25, 0.3) is 5.91 Å². The Kier molecular flexibility index (Phi) is 5.08. The SMILES string of the molecule is CC(C)C(CN)NC(=O)c1cc(F)ccc1Br. The fourth-order valence-corrected chi connectivity index (χ4v) is 1.84. The first-order chi connectivity index (χ1) is 7.95. The van der Waals surface area contributed by atoms with E-state index in [0.717, 1.165) is 0 Å². The van der Waals surface area contributed by atoms with Crippen molar-refractivity contribution < 1.29 is 9.18 Å². The van der Waals surface area contributed by atoms with Crippen LogP contribution in [0.2, 0.25) is 0 Å². The van der Waals surface area contributed by atoms with Crippen LogP contribution in [0.4, 0.5) is 4.39 Å². The summed E-state index contributed by atoms with van der Waals surface area (Å²) in [5, 5.41) is 2.79. The number of carbonyl (C=O) groups excluding carboxylic acids is 1. The minimum absolute atomic E-state index is 0.113. The second-order valence-corrected chi connectivity index (χ2v) is 5.04. The maximum absolute atomic E-state index is 13.1. The van der Waals surface area contributed by atoms with Gasteiger partial charge in [0.1, 0.15) is 5.82 Å². The number of nitrogens with one attached hydrogen (secondary N) is 1. The molecule has 0 saturated heterocycles. The van der Waals surface area contributed by atoms with Crippen LogP contribution in [0.15, 0.2) is 22.7 Å². The summed E-state index contributed by atoms with van der Waals surface area (Å²) in [4.78, 5) is 11.9. The van der Waals surface area contributed by atoms with Gasteiger partial charge in [-0.3, -0.25) is 4.79 Å². The number of hydrogen-bond acceptors (Lipinski definition) is 2. The summed E-state index contributed by atoms with van der Waals surface area (Å²) in [7, 11) is 0. The van der Waals surface area contributed by atoms with Crippen molar-refractivity contribution >= 4 is 21.8 Å². The molecule has 1 unspecified atom stereocenters. The second kappa shape index (κ2) is 6.12. The Morgan fingerprint density at radius 3 is 2.71 bits per heavy atom. The predicted octanol–water partition coefficient (Wildman–Crippen LogP) is 2.30. The van der Waals surface area contributed by atoms with Crippen molar-refractivity contribution in [2.24, 2.45) is 11.7 Å². The zero-order valence-electron chi connectivity index (χ0n) is 9.84. The zero-order valence-corrected chi connectivity index (χ0v) is 11.4. The van der Waals surface area contributed by atoms with Crippen LogP contribution in [0.1, 0.15) is 24.2 Å². The molecule has 0 aliphatic heterocycles. The summed E-state index contributed by atoms with van der Waals surface area (Å²) < 4.78 is 13.6. The molecule has 1 aromatic carbocycles. The average Bonchev–Trinajstić information content (AvgIpc) is 2.28. The average molecular weight is 303 g/mol. The first-order valence-corrected chi connectivity index (χ1v) is 6.21. The summed E-state index contributed by atoms with van der Waals surface area (Å²) in [5.74, 6) is -0.524. The topological polar surface area (TPSA) is 55.1 Å². The molecule has 94 valence electrons. The monoisotopic (exact) mass is 302 g/mol. The second-order valence-electron chi connectivity index (χ2n) is 4.18. The normalized spacial score (nSPS) is 12.6. The van der Waals surface area contributed by atoms with E-state index in [9.17, 15) is 9.18 Å². The van der Waals surface area contributed by atoms with Gasteiger partial charge in [-0.2, -0.15) is 0 Å². The van der Waals surface area contributed by atoms with Crippen molar-refractivity contribution in [2.75, 3.05) is 6.54 Å². The molecule has 1 amide bonds. The van der Waals surface area contributed by atoms with Gasteiger partial charge in [0.2, 0.25) is 0 Å². The van der Waals surface area contributed by atoms with Gasteiger partial charge in [-0.05, 0) is 40.0 Å². The molecule has 0 saturated carbocycles. The Bertz CT molecular complexity index is 409. The fraction of sp³-hybridized carbons (Fsp3) is 0.417. The molecular weight excluding hydrogens is 287 g/mol. The summed E-state index contributed by atoms with van der Waals surface area (Å²) in [5.41, 5.74) is 5.85. The molecule has 0 heterocycles. The molecule has 0 aliphatic carbocycles. The van der Waals surface area contributed by atoms with Gasteiger partial charge in [0.05, 0.1) is 5.56 Å². The number of nitrogens with two attached hydrogens (primary N) is 1. The lowest BCUT2D eigenvalue weighted by Gasteiger charge is -2.20. The van der Waals surface area contributed by atoms with Crippen LogP contribution < -0.4 is 11.1 Å². The Balaban J connectivity index is 2.86. The first kappa shape index (κ1) is 14.1. The maximum Gasteiger partial charge on any atom is 0.252 e. The van der Waals surface area contributed by atoms with Crippen molar-refractivity contribution in [1.29, 1.82) is 0 Å². The van der Waals surface area contributed by atoms with E-state index in [1.165, 1.54) is 18.2 Å². The molecule has 0 aliphatic rings. The standard InChI is InChI=1S/C12H16BrFN2O/c1-7(2)11(6-15)16-12(17)9-5-8(14)3-4-10(9)13/h3-5,7,11H,6,15H2,1-2H3,(H,16,17). The number of carbonyl (C=O) groups is 1. The Hall–Kier alpha value is -0.940. The third-order valence-corrected chi connectivity index (χ3v) is 3.24. The molecular formula is C12H16BrFN2O. The molecule has 0 spiro atoms. The third kappa shape index (κ3) is 3.78. The lowest BCUT2D eigenvalue weighted by molar-refractivity contribution is 0.0926. The molecule has 17 heavy (non-hydrogen) atoms. The summed E-state index contributed by atoms with van der Waals surface area (Å²) in [6.45, 7) is 4.30. The van der Waals surface area contributed by atoms with Crippen LogP contribution in [0.25, 0.3) is 0 Å². The van der Waals surface area contributed by atoms with Crippen molar-refractivity contribution in [2.45, 2.75) is 19.9 Å². The van der Waals surface area contributed by atoms with Crippen LogP contribution in [0.5, 0.6) is 0 Å². The molecule has 1 aromatic rings. The molecule has 0 bridgehead atoms. The van der Waals surface area contributed by atoms with Crippen molar-refractivity contribution in [3.63, 3.8) is 0 Å². The fourth-order valence-electron chi connectivity index (χ4n) is 1.42. The highest BCUT2D eigenvalue weighted by molar-refractivity contribution is 9.10. The van der Waals surface area contributed by atoms with Crippen LogP contribution in [-0.2, 0) is 0 Å². The van der Waals surface area contributed by atoms with Crippen LogP contribution in [-0.4, -0.2) is 18.5 Å². The minimum Gasteiger partial charge on any atom is -0.348 e. The highest BCUT2D eigenvalue weighted by Crippen LogP contribution is 2.18. The first-order valence-electron chi connectivity index (χ1n) is 5.41. The van der Waals surface area contributed by atoms with Gasteiger partial charge < -0.3 is 11.1 Å². The Morgan fingerprint density at radius 1 is 1.53 bits per heavy atom. The molecule has 5 heteroatoms. The lowest BCUT2D eigenvalue weighted by Crippen LogP contribution is -2.43. The molecule has 0 aromatic heterocycles. The highest BCUT2D eigenvalue weighted by atomic mass is 79.9. The summed E-state index contributed by atoms with van der Waals surface area (Å²) in [6.07, 6.45) is 0. The van der Waals surface area contributed by atoms with E-state index in [4.69, 9.17) is 5.73 Å². The Labute approximate surface area is 109 Å². The van der Waals surface area contributed by atoms with Crippen molar-refractivity contribution in [3.8, 4) is 0 Å². The Morgan fingerprint density at radius 2 is 2.18 bits per heavy atom. The van der Waals surface area contributed by atoms with Gasteiger partial charge in [0, 0.05) is 17.1 Å². The number of benzene rings is 1. The number of amides is 1. The maximum atomic E-state index is 13.1. The van der Waals surface area contributed by atoms with Crippen LogP contribution >= 0.6 is 15.9 Å². The number of rotatable bonds is 4. The molecule has 1 rings (SSSR count). The smallest absolute Gasteiger partial charge is 0.252 e. The third-order valence-electron chi connectivity index (χ3n) is 2.55. The predicted molar refractivity (Wildman–Crippen MR) is 69.2 cm³/mol. The molecule has 1 atom stereocenters. The minimum atomic E-state index is -0.438. The summed E-state index contributed by atoms with van der Waals surface area (Å²) in [6, 6.07) is 3.89. The molecule has 0 fully saturated rings. The van der Waals surface area contributed by atoms with Crippen LogP contribution in [0.3, 0.4) is 0 Å². The molecule has 3 nitrogen and oxygen atoms in total. The van der Waals surface area contributed by atoms with E-state index < -0.39 is 5.82 Å². The van der Waals surface area contributed by atoms with Crippen molar-refractivity contribution in [3.05, 3.63) is 34.1 Å². The van der Waals surface area contributed by atoms with Gasteiger partial charge >= 0.3 is 0 Å². The van der Waals surface area contributed by atoms with Crippen molar-refractivity contribution in [1.82, 2.24) is 5.32 Å². The largest absolute Gasteiger partial charge is 0.348 e. The van der Waals surface area contributed by atoms with Gasteiger partial charge in [-0.25, -0.2) is 4.39 Å². The van der Waals surface area contributed by atoms with E-state index in [-0.39, 0.29) is 23.4 Å². The summed E-state index contributed by atoms with van der Waals surface area (Å²) >= 11 is 3.22. The van der Waals surface area contributed by atoms with Gasteiger partial charge in [0.15, 0.2) is 0 Å². The van der Waals surface area contributed by atoms with Crippen LogP contribution in [0, 0.1) is 11.7 Å². The van der Waals surface area contributed by atoms with E-state index in [0.29, 0.717) is 11.0 Å². The molecule has 0 radical (unpaired) electrons. The highest BCUT2D eigenvalue weighted by Gasteiger charge is 2.17. The van der Waals surface area contributed by atoms with E-state index in [1.54, 1.807) is 0 Å². The molecule has 3 N–H and O–H groups in total. The van der Waals surface area contributed by atoms with E-state index >= 15 is 0 Å². The number of hydrogen-bond donors (Lipinski definition) is 2.